The first-order valence-electron chi connectivity index (χ1n) is 8.59. The molecule has 3 heteroatoms. The molecule has 0 spiro atoms. The second-order valence-corrected chi connectivity index (χ2v) is 7.19. The summed E-state index contributed by atoms with van der Waals surface area (Å²) in [5.41, 5.74) is 5.90. The van der Waals surface area contributed by atoms with Crippen molar-refractivity contribution in [2.75, 3.05) is 6.54 Å². The Bertz CT molecular complexity index is 850. The van der Waals surface area contributed by atoms with E-state index in [1.54, 1.807) is 0 Å². The van der Waals surface area contributed by atoms with Gasteiger partial charge in [-0.25, -0.2) is 4.79 Å². The molecule has 1 N–H and O–H groups in total. The molecule has 0 aromatic heterocycles. The number of hydrogen-bond donors (Lipinski definition) is 1. The van der Waals surface area contributed by atoms with E-state index in [1.807, 2.05) is 20.8 Å². The molecule has 25 heavy (non-hydrogen) atoms. The van der Waals surface area contributed by atoms with Gasteiger partial charge in [-0.3, -0.25) is 0 Å². The van der Waals surface area contributed by atoms with Crippen LogP contribution in [-0.4, -0.2) is 18.2 Å². The fourth-order valence-corrected chi connectivity index (χ4v) is 2.93. The van der Waals surface area contributed by atoms with Crippen LogP contribution < -0.4 is 5.32 Å². The second kappa shape index (κ2) is 7.03. The maximum absolute atomic E-state index is 11.5. The van der Waals surface area contributed by atoms with Crippen molar-refractivity contribution in [3.63, 3.8) is 0 Å². The highest BCUT2D eigenvalue weighted by Gasteiger charge is 2.17. The van der Waals surface area contributed by atoms with Crippen LogP contribution in [0.1, 0.15) is 43.9 Å². The number of rotatable bonds is 2. The molecule has 128 valence electrons. The molecular formula is C22H23NO2. The van der Waals surface area contributed by atoms with Crippen LogP contribution in [0.15, 0.2) is 42.5 Å². The lowest BCUT2D eigenvalue weighted by Crippen LogP contribution is -2.32. The van der Waals surface area contributed by atoms with Gasteiger partial charge in [0.2, 0.25) is 0 Å². The van der Waals surface area contributed by atoms with Gasteiger partial charge in [0.25, 0.3) is 0 Å². The van der Waals surface area contributed by atoms with Gasteiger partial charge in [-0.2, -0.15) is 0 Å². The first-order chi connectivity index (χ1) is 11.9. The van der Waals surface area contributed by atoms with Gasteiger partial charge in [0.05, 0.1) is 0 Å². The van der Waals surface area contributed by atoms with Crippen LogP contribution in [0.5, 0.6) is 0 Å². The van der Waals surface area contributed by atoms with Crippen molar-refractivity contribution >= 4 is 6.09 Å². The zero-order valence-electron chi connectivity index (χ0n) is 15.0. The molecule has 3 nitrogen and oxygen atoms in total. The van der Waals surface area contributed by atoms with Crippen LogP contribution in [-0.2, 0) is 11.2 Å². The van der Waals surface area contributed by atoms with Crippen LogP contribution >= 0.6 is 0 Å². The molecular weight excluding hydrogens is 310 g/mol. The smallest absolute Gasteiger partial charge is 0.407 e. The molecule has 0 atom stereocenters. The maximum atomic E-state index is 11.5. The Labute approximate surface area is 149 Å². The highest BCUT2D eigenvalue weighted by Crippen LogP contribution is 2.36. The fraction of sp³-hybridized carbons (Fsp3) is 0.318. The van der Waals surface area contributed by atoms with E-state index < -0.39 is 11.7 Å². The molecule has 1 aliphatic rings. The first kappa shape index (κ1) is 17.1. The normalized spacial score (nSPS) is 11.8. The largest absolute Gasteiger partial charge is 0.444 e. The lowest BCUT2D eigenvalue weighted by molar-refractivity contribution is 0.0529. The minimum Gasteiger partial charge on any atom is -0.444 e. The Morgan fingerprint density at radius 3 is 2.68 bits per heavy atom. The summed E-state index contributed by atoms with van der Waals surface area (Å²) in [7, 11) is 0. The van der Waals surface area contributed by atoms with Gasteiger partial charge >= 0.3 is 6.09 Å². The molecule has 0 saturated carbocycles. The Morgan fingerprint density at radius 2 is 1.88 bits per heavy atom. The predicted octanol–water partition coefficient (Wildman–Crippen LogP) is 4.52. The standard InChI is InChI=1S/C22H23NO2/c1-22(2,3)25-21(24)23-13-7-6-8-16-11-12-20-18(14-16)15-17-9-4-5-10-19(17)20/h4-5,9-12,14H,7,13,15H2,1-3H3,(H,23,24). The number of carbonyl (C=O) groups excluding carboxylic acids is 1. The van der Waals surface area contributed by atoms with E-state index in [4.69, 9.17) is 4.74 Å². The van der Waals surface area contributed by atoms with Crippen molar-refractivity contribution in [3.8, 4) is 23.0 Å². The van der Waals surface area contributed by atoms with E-state index >= 15 is 0 Å². The van der Waals surface area contributed by atoms with Crippen molar-refractivity contribution in [1.82, 2.24) is 5.32 Å². The molecule has 0 fully saturated rings. The highest BCUT2D eigenvalue weighted by molar-refractivity contribution is 5.77. The Hall–Kier alpha value is -2.73. The molecule has 0 aliphatic heterocycles. The summed E-state index contributed by atoms with van der Waals surface area (Å²) in [5, 5.41) is 2.72. The summed E-state index contributed by atoms with van der Waals surface area (Å²) in [6, 6.07) is 14.9. The number of amides is 1. The molecule has 0 heterocycles. The summed E-state index contributed by atoms with van der Waals surface area (Å²) in [6.07, 6.45) is 1.17. The Kier molecular flexibility index (Phi) is 4.81. The monoisotopic (exact) mass is 333 g/mol. The molecule has 0 radical (unpaired) electrons. The number of benzene rings is 2. The number of fused-ring (bicyclic) bond motifs is 3. The van der Waals surface area contributed by atoms with Crippen LogP contribution in [0.4, 0.5) is 4.79 Å². The molecule has 1 amide bonds. The second-order valence-electron chi connectivity index (χ2n) is 7.19. The average molecular weight is 333 g/mol. The maximum Gasteiger partial charge on any atom is 0.407 e. The lowest BCUT2D eigenvalue weighted by Gasteiger charge is -2.19. The zero-order valence-corrected chi connectivity index (χ0v) is 15.0. The quantitative estimate of drug-likeness (QED) is 0.553. The van der Waals surface area contributed by atoms with Gasteiger partial charge in [0.1, 0.15) is 5.60 Å². The zero-order chi connectivity index (χ0) is 17.9. The SMILES string of the molecule is CC(C)(C)OC(=O)NCCC#Cc1ccc2c(c1)Cc1ccccc1-2. The number of nitrogens with one attached hydrogen (secondary N) is 1. The summed E-state index contributed by atoms with van der Waals surface area (Å²) in [6.45, 7) is 6.02. The van der Waals surface area contributed by atoms with E-state index in [0.717, 1.165) is 12.0 Å². The third-order valence-electron chi connectivity index (χ3n) is 3.94. The molecule has 0 bridgehead atoms. The van der Waals surface area contributed by atoms with Crippen LogP contribution in [0.25, 0.3) is 11.1 Å². The first-order valence-corrected chi connectivity index (χ1v) is 8.59. The van der Waals surface area contributed by atoms with Crippen molar-refractivity contribution in [3.05, 3.63) is 59.2 Å². The molecule has 0 unspecified atom stereocenters. The van der Waals surface area contributed by atoms with Crippen LogP contribution in [0, 0.1) is 11.8 Å². The molecule has 1 aliphatic carbocycles. The number of carbonyl (C=O) groups is 1. The fourth-order valence-electron chi connectivity index (χ4n) is 2.93. The lowest BCUT2D eigenvalue weighted by atomic mass is 10.0. The van der Waals surface area contributed by atoms with Gasteiger partial charge in [-0.1, -0.05) is 42.2 Å². The highest BCUT2D eigenvalue weighted by atomic mass is 16.6. The van der Waals surface area contributed by atoms with Gasteiger partial charge in [0.15, 0.2) is 0 Å². The van der Waals surface area contributed by atoms with E-state index in [9.17, 15) is 4.79 Å². The van der Waals surface area contributed by atoms with Crippen molar-refractivity contribution in [2.45, 2.75) is 39.2 Å². The van der Waals surface area contributed by atoms with E-state index in [0.29, 0.717) is 13.0 Å². The predicted molar refractivity (Wildman–Crippen MR) is 100 cm³/mol. The number of hydrogen-bond acceptors (Lipinski definition) is 2. The van der Waals surface area contributed by atoms with Crippen molar-refractivity contribution < 1.29 is 9.53 Å². The topological polar surface area (TPSA) is 38.3 Å². The summed E-state index contributed by atoms with van der Waals surface area (Å²) in [5.74, 6) is 6.29. The van der Waals surface area contributed by atoms with Crippen molar-refractivity contribution in [2.24, 2.45) is 0 Å². The minimum atomic E-state index is -0.474. The minimum absolute atomic E-state index is 0.399. The van der Waals surface area contributed by atoms with Crippen LogP contribution in [0.2, 0.25) is 0 Å². The van der Waals surface area contributed by atoms with Gasteiger partial charge < -0.3 is 10.1 Å². The van der Waals surface area contributed by atoms with E-state index in [-0.39, 0.29) is 0 Å². The number of alkyl carbamates (subject to hydrolysis) is 1. The number of ether oxygens (including phenoxy) is 1. The summed E-state index contributed by atoms with van der Waals surface area (Å²) >= 11 is 0. The molecule has 2 aromatic carbocycles. The summed E-state index contributed by atoms with van der Waals surface area (Å²) < 4.78 is 5.19. The molecule has 2 aromatic rings. The van der Waals surface area contributed by atoms with E-state index in [2.05, 4.69) is 59.6 Å². The van der Waals surface area contributed by atoms with Crippen molar-refractivity contribution in [1.29, 1.82) is 0 Å². The van der Waals surface area contributed by atoms with E-state index in [1.165, 1.54) is 22.3 Å². The summed E-state index contributed by atoms with van der Waals surface area (Å²) in [4.78, 5) is 11.5. The van der Waals surface area contributed by atoms with Crippen LogP contribution in [0.3, 0.4) is 0 Å². The Balaban J connectivity index is 1.55. The van der Waals surface area contributed by atoms with Gasteiger partial charge in [-0.15, -0.1) is 0 Å². The third-order valence-corrected chi connectivity index (χ3v) is 3.94. The Morgan fingerprint density at radius 1 is 1.12 bits per heavy atom. The molecule has 0 saturated heterocycles. The average Bonchev–Trinajstić information content (AvgIpc) is 2.90. The van der Waals surface area contributed by atoms with Gasteiger partial charge in [0, 0.05) is 18.5 Å². The molecule has 3 rings (SSSR count). The van der Waals surface area contributed by atoms with Gasteiger partial charge in [-0.05, 0) is 61.6 Å². The third kappa shape index (κ3) is 4.42.